The smallest absolute Gasteiger partial charge is 0.118 e. The first-order valence-corrected chi connectivity index (χ1v) is 20.9. The number of ether oxygens (including phenoxy) is 2. The van der Waals surface area contributed by atoms with Crippen molar-refractivity contribution in [2.45, 2.75) is 37.6 Å². The van der Waals surface area contributed by atoms with Gasteiger partial charge in [0.2, 0.25) is 0 Å². The molecule has 1 fully saturated rings. The van der Waals surface area contributed by atoms with Crippen LogP contribution in [0.5, 0.6) is 11.5 Å². The number of rotatable bonds is 9. The van der Waals surface area contributed by atoms with Gasteiger partial charge in [0.05, 0.1) is 14.2 Å². The fourth-order valence-electron chi connectivity index (χ4n) is 9.46. The van der Waals surface area contributed by atoms with Crippen LogP contribution >= 0.6 is 0 Å². The summed E-state index contributed by atoms with van der Waals surface area (Å²) in [4.78, 5) is 2.64. The van der Waals surface area contributed by atoms with Gasteiger partial charge in [0.25, 0.3) is 0 Å². The molecule has 0 bridgehead atoms. The number of hydrogen-bond donors (Lipinski definition) is 0. The summed E-state index contributed by atoms with van der Waals surface area (Å²) >= 11 is 0. The molecule has 2 aliphatic rings. The van der Waals surface area contributed by atoms with Crippen molar-refractivity contribution in [2.75, 3.05) is 19.1 Å². The fraction of sp³-hybridized carbons (Fsp3) is 0.143. The Kier molecular flexibility index (Phi) is 9.80. The summed E-state index contributed by atoms with van der Waals surface area (Å²) in [5.41, 5.74) is 13.6. The minimum Gasteiger partial charge on any atom is -0.497 e. The van der Waals surface area contributed by atoms with Crippen LogP contribution in [0, 0.1) is 0 Å². The van der Waals surface area contributed by atoms with Crippen LogP contribution in [-0.4, -0.2) is 20.3 Å². The summed E-state index contributed by atoms with van der Waals surface area (Å²) < 4.78 is 10.9. The third-order valence-electron chi connectivity index (χ3n) is 12.5. The Balaban J connectivity index is 1.02. The van der Waals surface area contributed by atoms with E-state index >= 15 is 0 Å². The zero-order valence-corrected chi connectivity index (χ0v) is 33.6. The van der Waals surface area contributed by atoms with E-state index in [1.807, 2.05) is 24.3 Å². The number of anilines is 2. The standard InChI is InChI=1S/C56H47NO2/c1-58-49-28-22-42(23-29-49)52(43-24-30-50(59-2)31-25-43)33-38-15-26-48(27-16-38)57-55-14-8-7-13-51(55)54-35-39(17-32-56(54)57)34-53(46-20-18-40-9-3-5-11-44(40)36-46)47-21-19-41-10-4-6-12-45(41)37-47/h3-6,9-12,15-37,51,55H,7-8,13-14H2,1-2H3. The van der Waals surface area contributed by atoms with Crippen LogP contribution in [0.25, 0.3) is 44.8 Å². The average Bonchev–Trinajstić information content (AvgIpc) is 3.63. The molecular weight excluding hydrogens is 719 g/mol. The zero-order valence-electron chi connectivity index (χ0n) is 33.6. The van der Waals surface area contributed by atoms with Crippen molar-refractivity contribution in [3.8, 4) is 11.5 Å². The second-order valence-corrected chi connectivity index (χ2v) is 15.9. The highest BCUT2D eigenvalue weighted by Crippen LogP contribution is 2.51. The van der Waals surface area contributed by atoms with Crippen LogP contribution in [0.1, 0.15) is 70.5 Å². The fourth-order valence-corrected chi connectivity index (χ4v) is 9.46. The lowest BCUT2D eigenvalue weighted by Gasteiger charge is -2.33. The molecule has 288 valence electrons. The van der Waals surface area contributed by atoms with Crippen LogP contribution in [-0.2, 0) is 0 Å². The maximum absolute atomic E-state index is 5.47. The van der Waals surface area contributed by atoms with Crippen molar-refractivity contribution in [3.05, 3.63) is 215 Å². The van der Waals surface area contributed by atoms with Gasteiger partial charge in [0.1, 0.15) is 11.5 Å². The van der Waals surface area contributed by atoms with Crippen LogP contribution in [0.4, 0.5) is 11.4 Å². The molecule has 0 amide bonds. The maximum Gasteiger partial charge on any atom is 0.118 e. The number of fused-ring (bicyclic) bond motifs is 5. The highest BCUT2D eigenvalue weighted by Gasteiger charge is 2.40. The van der Waals surface area contributed by atoms with Crippen molar-refractivity contribution in [1.82, 2.24) is 0 Å². The van der Waals surface area contributed by atoms with E-state index in [0.29, 0.717) is 12.0 Å². The van der Waals surface area contributed by atoms with Gasteiger partial charge < -0.3 is 14.4 Å². The first-order chi connectivity index (χ1) is 29.1. The summed E-state index contributed by atoms with van der Waals surface area (Å²) in [5, 5.41) is 5.03. The molecule has 10 rings (SSSR count). The van der Waals surface area contributed by atoms with Gasteiger partial charge in [0, 0.05) is 23.3 Å². The van der Waals surface area contributed by atoms with Gasteiger partial charge in [-0.2, -0.15) is 0 Å². The molecule has 2 atom stereocenters. The molecule has 1 aliphatic carbocycles. The molecule has 0 saturated heterocycles. The van der Waals surface area contributed by atoms with E-state index in [2.05, 4.69) is 169 Å². The van der Waals surface area contributed by atoms with Gasteiger partial charge in [-0.15, -0.1) is 0 Å². The molecule has 8 aromatic rings. The summed E-state index contributed by atoms with van der Waals surface area (Å²) in [7, 11) is 3.41. The number of hydrogen-bond acceptors (Lipinski definition) is 3. The SMILES string of the molecule is COc1ccc(C(=Cc2ccc(N3c4ccc(C=C(c5ccc6ccccc6c5)c5ccc6ccccc6c5)cc4C4CCCCC43)cc2)c2ccc(OC)cc2)cc1. The lowest BCUT2D eigenvalue weighted by molar-refractivity contribution is 0.402. The highest BCUT2D eigenvalue weighted by molar-refractivity contribution is 5.98. The summed E-state index contributed by atoms with van der Waals surface area (Å²) in [6, 6.07) is 64.5. The van der Waals surface area contributed by atoms with Gasteiger partial charge in [0.15, 0.2) is 0 Å². The van der Waals surface area contributed by atoms with Crippen molar-refractivity contribution in [2.24, 2.45) is 0 Å². The molecule has 1 saturated carbocycles. The predicted molar refractivity (Wildman–Crippen MR) is 248 cm³/mol. The predicted octanol–water partition coefficient (Wildman–Crippen LogP) is 14.4. The summed E-state index contributed by atoms with van der Waals surface area (Å²) in [6.45, 7) is 0. The Morgan fingerprint density at radius 3 is 1.54 bits per heavy atom. The first-order valence-electron chi connectivity index (χ1n) is 20.9. The highest BCUT2D eigenvalue weighted by atomic mass is 16.5. The van der Waals surface area contributed by atoms with Crippen LogP contribution in [0.15, 0.2) is 176 Å². The van der Waals surface area contributed by atoms with Crippen LogP contribution in [0.3, 0.4) is 0 Å². The Hall–Kier alpha value is -6.84. The molecule has 1 heterocycles. The van der Waals surface area contributed by atoms with Gasteiger partial charge in [-0.25, -0.2) is 0 Å². The van der Waals surface area contributed by atoms with E-state index in [9.17, 15) is 0 Å². The minimum absolute atomic E-state index is 0.453. The number of methoxy groups -OCH3 is 2. The number of nitrogens with zero attached hydrogens (tertiary/aromatic N) is 1. The summed E-state index contributed by atoms with van der Waals surface area (Å²) in [6.07, 6.45) is 9.66. The Morgan fingerprint density at radius 1 is 0.475 bits per heavy atom. The quantitative estimate of drug-likeness (QED) is 0.137. The maximum atomic E-state index is 5.47. The normalized spacial score (nSPS) is 15.7. The van der Waals surface area contributed by atoms with Crippen molar-refractivity contribution in [1.29, 1.82) is 0 Å². The van der Waals surface area contributed by atoms with E-state index in [1.54, 1.807) is 14.2 Å². The van der Waals surface area contributed by atoms with Crippen LogP contribution in [0.2, 0.25) is 0 Å². The lowest BCUT2D eigenvalue weighted by Crippen LogP contribution is -2.32. The third-order valence-corrected chi connectivity index (χ3v) is 12.5. The van der Waals surface area contributed by atoms with E-state index in [0.717, 1.165) is 33.8 Å². The van der Waals surface area contributed by atoms with Crippen LogP contribution < -0.4 is 14.4 Å². The Bertz CT molecular complexity index is 2720. The third kappa shape index (κ3) is 7.19. The minimum atomic E-state index is 0.453. The molecule has 3 nitrogen and oxygen atoms in total. The zero-order chi connectivity index (χ0) is 39.7. The lowest BCUT2D eigenvalue weighted by atomic mass is 9.82. The van der Waals surface area contributed by atoms with Crippen molar-refractivity contribution >= 4 is 56.2 Å². The second-order valence-electron chi connectivity index (χ2n) is 15.9. The Labute approximate surface area is 347 Å². The Morgan fingerprint density at radius 2 is 0.966 bits per heavy atom. The molecule has 2 unspecified atom stereocenters. The summed E-state index contributed by atoms with van der Waals surface area (Å²) in [5.74, 6) is 2.20. The molecule has 0 radical (unpaired) electrons. The monoisotopic (exact) mass is 765 g/mol. The molecule has 59 heavy (non-hydrogen) atoms. The largest absolute Gasteiger partial charge is 0.497 e. The van der Waals surface area contributed by atoms with Gasteiger partial charge in [-0.05, 0) is 157 Å². The van der Waals surface area contributed by atoms with E-state index < -0.39 is 0 Å². The van der Waals surface area contributed by atoms with Gasteiger partial charge in [-0.1, -0.05) is 128 Å². The van der Waals surface area contributed by atoms with Crippen molar-refractivity contribution < 1.29 is 9.47 Å². The average molecular weight is 766 g/mol. The van der Waals surface area contributed by atoms with Crippen molar-refractivity contribution in [3.63, 3.8) is 0 Å². The van der Waals surface area contributed by atoms with Gasteiger partial charge in [-0.3, -0.25) is 0 Å². The molecule has 8 aromatic carbocycles. The molecule has 0 spiro atoms. The molecule has 0 N–H and O–H groups in total. The van der Waals surface area contributed by atoms with E-state index in [1.165, 1.54) is 86.4 Å². The first kappa shape index (κ1) is 36.5. The molecular formula is C56H47NO2. The second kappa shape index (κ2) is 15.8. The topological polar surface area (TPSA) is 21.7 Å². The van der Waals surface area contributed by atoms with E-state index in [4.69, 9.17) is 9.47 Å². The van der Waals surface area contributed by atoms with E-state index in [-0.39, 0.29) is 0 Å². The van der Waals surface area contributed by atoms with Gasteiger partial charge >= 0.3 is 0 Å². The molecule has 0 aromatic heterocycles. The molecule has 3 heteroatoms. The molecule has 1 aliphatic heterocycles. The number of benzene rings is 8.